The summed E-state index contributed by atoms with van der Waals surface area (Å²) in [6.07, 6.45) is 0. The van der Waals surface area contributed by atoms with Gasteiger partial charge >= 0.3 is 0 Å². The number of nitrogens with two attached hydrogens (primary N) is 1. The molecule has 8 heteroatoms. The van der Waals surface area contributed by atoms with Crippen molar-refractivity contribution >= 4 is 45.6 Å². The Morgan fingerprint density at radius 3 is 2.14 bits per heavy atom. The van der Waals surface area contributed by atoms with Gasteiger partial charge in [-0.3, -0.25) is 0 Å². The lowest BCUT2D eigenvalue weighted by molar-refractivity contribution is 0.291. The Bertz CT molecular complexity index is 557. The van der Waals surface area contributed by atoms with Crippen molar-refractivity contribution in [3.8, 4) is 0 Å². The van der Waals surface area contributed by atoms with E-state index in [0.29, 0.717) is 28.7 Å². The Morgan fingerprint density at radius 1 is 1.24 bits per heavy atom. The first kappa shape index (κ1) is 21.0. The molecule has 4 nitrogen and oxygen atoms in total. The summed E-state index contributed by atoms with van der Waals surface area (Å²) in [5.41, 5.74) is 5.77. The van der Waals surface area contributed by atoms with Crippen molar-refractivity contribution in [2.45, 2.75) is 19.6 Å². The van der Waals surface area contributed by atoms with Crippen molar-refractivity contribution < 1.29 is 8.42 Å². The molecule has 0 spiro atoms. The maximum atomic E-state index is 12.4. The molecule has 0 fully saturated rings. The number of benzene rings is 1. The molecular weight excluding hydrogens is 355 g/mol. The van der Waals surface area contributed by atoms with Gasteiger partial charge in [-0.1, -0.05) is 43.1 Å². The second-order valence-electron chi connectivity index (χ2n) is 5.58. The van der Waals surface area contributed by atoms with E-state index in [-0.39, 0.29) is 23.6 Å². The third-order valence-corrected chi connectivity index (χ3v) is 5.51. The molecule has 0 heterocycles. The standard InChI is InChI=1S/C13H20Cl2N2O2S.ClH/c1-13(2,8-16)9-17(3)20(18,19)7-10-11(14)5-4-6-12(10)15;/h4-6H,7-9,16H2,1-3H3;1H. The molecule has 0 aliphatic carbocycles. The minimum absolute atomic E-state index is 0. The Hall–Kier alpha value is -0.0400. The van der Waals surface area contributed by atoms with Crippen LogP contribution in [0, 0.1) is 5.41 Å². The zero-order chi connectivity index (χ0) is 15.6. The number of sulfonamides is 1. The van der Waals surface area contributed by atoms with E-state index >= 15 is 0 Å². The molecule has 0 aliphatic heterocycles. The Morgan fingerprint density at radius 2 is 1.71 bits per heavy atom. The van der Waals surface area contributed by atoms with Crippen LogP contribution in [0.4, 0.5) is 0 Å². The topological polar surface area (TPSA) is 63.4 Å². The van der Waals surface area contributed by atoms with E-state index in [9.17, 15) is 8.42 Å². The molecule has 0 aliphatic rings. The molecule has 1 aromatic carbocycles. The first-order chi connectivity index (χ1) is 9.09. The van der Waals surface area contributed by atoms with Gasteiger partial charge in [0.25, 0.3) is 0 Å². The molecule has 0 aromatic heterocycles. The Labute approximate surface area is 143 Å². The van der Waals surface area contributed by atoms with Gasteiger partial charge in [-0.05, 0) is 24.1 Å². The number of hydrogen-bond donors (Lipinski definition) is 1. The van der Waals surface area contributed by atoms with Crippen LogP contribution in [0.2, 0.25) is 10.0 Å². The van der Waals surface area contributed by atoms with Gasteiger partial charge < -0.3 is 5.73 Å². The lowest BCUT2D eigenvalue weighted by Gasteiger charge is -2.28. The number of nitrogens with zero attached hydrogens (tertiary/aromatic N) is 1. The van der Waals surface area contributed by atoms with Crippen molar-refractivity contribution in [3.63, 3.8) is 0 Å². The predicted molar refractivity (Wildman–Crippen MR) is 91.8 cm³/mol. The minimum atomic E-state index is -3.49. The normalized spacial score (nSPS) is 12.3. The van der Waals surface area contributed by atoms with E-state index in [2.05, 4.69) is 0 Å². The smallest absolute Gasteiger partial charge is 0.218 e. The largest absolute Gasteiger partial charge is 0.330 e. The molecule has 1 rings (SSSR count). The Balaban J connectivity index is 0.00000400. The molecule has 122 valence electrons. The summed E-state index contributed by atoms with van der Waals surface area (Å²) in [6.45, 7) is 4.58. The van der Waals surface area contributed by atoms with Crippen molar-refractivity contribution in [2.75, 3.05) is 20.1 Å². The SMILES string of the molecule is CN(CC(C)(C)CN)S(=O)(=O)Cc1c(Cl)cccc1Cl.Cl. The van der Waals surface area contributed by atoms with Gasteiger partial charge in [0.15, 0.2) is 0 Å². The van der Waals surface area contributed by atoms with Crippen LogP contribution < -0.4 is 5.73 Å². The van der Waals surface area contributed by atoms with Crippen LogP contribution in [0.1, 0.15) is 19.4 Å². The number of hydrogen-bond acceptors (Lipinski definition) is 3. The zero-order valence-corrected chi connectivity index (χ0v) is 15.4. The van der Waals surface area contributed by atoms with Gasteiger partial charge in [-0.2, -0.15) is 0 Å². The molecular formula is C13H21Cl3N2O2S. The van der Waals surface area contributed by atoms with Crippen LogP contribution >= 0.6 is 35.6 Å². The molecule has 1 aromatic rings. The van der Waals surface area contributed by atoms with Gasteiger partial charge in [0.05, 0.1) is 5.75 Å². The number of rotatable bonds is 6. The third kappa shape index (κ3) is 5.93. The summed E-state index contributed by atoms with van der Waals surface area (Å²) in [7, 11) is -1.95. The monoisotopic (exact) mass is 374 g/mol. The van der Waals surface area contributed by atoms with Gasteiger partial charge in [0, 0.05) is 29.2 Å². The average Bonchev–Trinajstić information content (AvgIpc) is 2.33. The summed E-state index contributed by atoms with van der Waals surface area (Å²) in [4.78, 5) is 0. The van der Waals surface area contributed by atoms with Crippen LogP contribution in [0.15, 0.2) is 18.2 Å². The van der Waals surface area contributed by atoms with Crippen molar-refractivity contribution in [2.24, 2.45) is 11.1 Å². The maximum Gasteiger partial charge on any atom is 0.218 e. The van der Waals surface area contributed by atoms with E-state index in [1.54, 1.807) is 18.2 Å². The van der Waals surface area contributed by atoms with E-state index < -0.39 is 10.0 Å². The highest BCUT2D eigenvalue weighted by Gasteiger charge is 2.27. The summed E-state index contributed by atoms with van der Waals surface area (Å²) in [5, 5.41) is 0.708. The summed E-state index contributed by atoms with van der Waals surface area (Å²) in [6, 6.07) is 4.94. The van der Waals surface area contributed by atoms with Crippen molar-refractivity contribution in [1.29, 1.82) is 0 Å². The van der Waals surface area contributed by atoms with E-state index in [1.807, 2.05) is 13.8 Å². The van der Waals surface area contributed by atoms with Crippen LogP contribution in [0.5, 0.6) is 0 Å². The van der Waals surface area contributed by atoms with E-state index in [1.165, 1.54) is 11.4 Å². The second-order valence-corrected chi connectivity index (χ2v) is 8.47. The summed E-state index contributed by atoms with van der Waals surface area (Å²) >= 11 is 12.0. The molecule has 0 amide bonds. The lowest BCUT2D eigenvalue weighted by Crippen LogP contribution is -2.40. The van der Waals surface area contributed by atoms with Gasteiger partial charge in [0.2, 0.25) is 10.0 Å². The van der Waals surface area contributed by atoms with Crippen molar-refractivity contribution in [3.05, 3.63) is 33.8 Å². The zero-order valence-electron chi connectivity index (χ0n) is 12.3. The fourth-order valence-corrected chi connectivity index (χ4v) is 3.86. The van der Waals surface area contributed by atoms with Crippen LogP contribution in [-0.4, -0.2) is 32.9 Å². The van der Waals surface area contributed by atoms with Crippen LogP contribution in [-0.2, 0) is 15.8 Å². The quantitative estimate of drug-likeness (QED) is 0.830. The van der Waals surface area contributed by atoms with Gasteiger partial charge in [-0.25, -0.2) is 12.7 Å². The first-order valence-corrected chi connectivity index (χ1v) is 8.52. The average molecular weight is 376 g/mol. The molecule has 0 saturated heterocycles. The van der Waals surface area contributed by atoms with Crippen LogP contribution in [0.3, 0.4) is 0 Å². The van der Waals surface area contributed by atoms with Crippen molar-refractivity contribution in [1.82, 2.24) is 4.31 Å². The lowest BCUT2D eigenvalue weighted by atomic mass is 9.94. The van der Waals surface area contributed by atoms with Crippen LogP contribution in [0.25, 0.3) is 0 Å². The first-order valence-electron chi connectivity index (χ1n) is 6.16. The minimum Gasteiger partial charge on any atom is -0.330 e. The Kier molecular flexibility index (Phi) is 7.98. The fraction of sp³-hybridized carbons (Fsp3) is 0.538. The molecule has 2 N–H and O–H groups in total. The fourth-order valence-electron chi connectivity index (χ4n) is 1.73. The van der Waals surface area contributed by atoms with E-state index in [0.717, 1.165) is 0 Å². The highest BCUT2D eigenvalue weighted by atomic mass is 35.5. The maximum absolute atomic E-state index is 12.4. The molecule has 0 atom stereocenters. The van der Waals surface area contributed by atoms with Gasteiger partial charge in [0.1, 0.15) is 0 Å². The molecule has 0 saturated carbocycles. The third-order valence-electron chi connectivity index (χ3n) is 3.07. The molecule has 0 radical (unpaired) electrons. The second kappa shape index (κ2) is 7.99. The highest BCUT2D eigenvalue weighted by molar-refractivity contribution is 7.88. The highest BCUT2D eigenvalue weighted by Crippen LogP contribution is 2.27. The number of halogens is 3. The summed E-state index contributed by atoms with van der Waals surface area (Å²) < 4.78 is 26.0. The molecule has 0 bridgehead atoms. The molecule has 21 heavy (non-hydrogen) atoms. The van der Waals surface area contributed by atoms with Gasteiger partial charge in [-0.15, -0.1) is 12.4 Å². The predicted octanol–water partition coefficient (Wildman–Crippen LogP) is 3.16. The molecule has 0 unspecified atom stereocenters. The summed E-state index contributed by atoms with van der Waals surface area (Å²) in [5.74, 6) is -0.220. The van der Waals surface area contributed by atoms with E-state index in [4.69, 9.17) is 28.9 Å².